The van der Waals surface area contributed by atoms with Crippen molar-refractivity contribution in [3.8, 4) is 0 Å². The molecule has 0 aliphatic carbocycles. The number of benzene rings is 2. The number of carbonyl (C=O) groups is 3. The van der Waals surface area contributed by atoms with E-state index < -0.39 is 0 Å². The van der Waals surface area contributed by atoms with Gasteiger partial charge in [-0.25, -0.2) is 0 Å². The highest BCUT2D eigenvalue weighted by Crippen LogP contribution is 2.29. The number of carbonyl (C=O) groups excluding carboxylic acids is 3. The van der Waals surface area contributed by atoms with Crippen LogP contribution >= 0.6 is 0 Å². The molecular formula is C27H33N5O3. The maximum absolute atomic E-state index is 12.8. The third kappa shape index (κ3) is 5.17. The SMILES string of the molecule is Nc1ccc(C(=O)N2CCN(C3CCN(c4ccc(C5CCC(=O)NC5=O)cc4)CC3)CC2)cc1. The Labute approximate surface area is 206 Å². The van der Waals surface area contributed by atoms with Crippen LogP contribution in [-0.4, -0.2) is 72.8 Å². The second-order valence-corrected chi connectivity index (χ2v) is 9.76. The average molecular weight is 476 g/mol. The lowest BCUT2D eigenvalue weighted by molar-refractivity contribution is -0.134. The summed E-state index contributed by atoms with van der Waals surface area (Å²) in [6.07, 6.45) is 3.17. The topological polar surface area (TPSA) is 99.0 Å². The zero-order chi connectivity index (χ0) is 24.4. The fourth-order valence-corrected chi connectivity index (χ4v) is 5.52. The number of nitrogens with zero attached hydrogens (tertiary/aromatic N) is 3. The Morgan fingerprint density at radius 1 is 0.829 bits per heavy atom. The summed E-state index contributed by atoms with van der Waals surface area (Å²) in [7, 11) is 0. The number of anilines is 2. The Bertz CT molecular complexity index is 1070. The number of nitrogens with one attached hydrogen (secondary N) is 1. The fraction of sp³-hybridized carbons (Fsp3) is 0.444. The highest BCUT2D eigenvalue weighted by molar-refractivity contribution is 6.01. The van der Waals surface area contributed by atoms with Crippen LogP contribution in [-0.2, 0) is 9.59 Å². The lowest BCUT2D eigenvalue weighted by Gasteiger charge is -2.43. The summed E-state index contributed by atoms with van der Waals surface area (Å²) >= 11 is 0. The van der Waals surface area contributed by atoms with E-state index in [1.54, 1.807) is 24.3 Å². The van der Waals surface area contributed by atoms with Gasteiger partial charge in [-0.15, -0.1) is 0 Å². The molecule has 1 unspecified atom stereocenters. The molecule has 3 saturated heterocycles. The van der Waals surface area contributed by atoms with E-state index in [2.05, 4.69) is 27.2 Å². The van der Waals surface area contributed by atoms with E-state index >= 15 is 0 Å². The van der Waals surface area contributed by atoms with Crippen molar-refractivity contribution in [2.45, 2.75) is 37.6 Å². The van der Waals surface area contributed by atoms with E-state index in [1.807, 2.05) is 17.0 Å². The normalized spacial score (nSPS) is 22.2. The summed E-state index contributed by atoms with van der Waals surface area (Å²) in [4.78, 5) is 43.2. The van der Waals surface area contributed by atoms with Crippen LogP contribution in [0.1, 0.15) is 47.5 Å². The number of imide groups is 1. The smallest absolute Gasteiger partial charge is 0.253 e. The molecule has 3 amide bonds. The average Bonchev–Trinajstić information content (AvgIpc) is 2.89. The van der Waals surface area contributed by atoms with Crippen LogP contribution < -0.4 is 16.0 Å². The van der Waals surface area contributed by atoms with Gasteiger partial charge in [-0.2, -0.15) is 0 Å². The van der Waals surface area contributed by atoms with Crippen molar-refractivity contribution in [2.24, 2.45) is 0 Å². The maximum atomic E-state index is 12.8. The van der Waals surface area contributed by atoms with E-state index in [0.717, 1.165) is 57.7 Å². The summed E-state index contributed by atoms with van der Waals surface area (Å²) in [5, 5.41) is 2.44. The minimum atomic E-state index is -0.238. The molecule has 0 bridgehead atoms. The van der Waals surface area contributed by atoms with Crippen molar-refractivity contribution in [2.75, 3.05) is 49.9 Å². The van der Waals surface area contributed by atoms with Crippen molar-refractivity contribution in [3.63, 3.8) is 0 Å². The number of amides is 3. The number of nitrogen functional groups attached to an aromatic ring is 1. The Hall–Kier alpha value is -3.39. The number of piperazine rings is 1. The van der Waals surface area contributed by atoms with Gasteiger partial charge >= 0.3 is 0 Å². The first kappa shape index (κ1) is 23.4. The van der Waals surface area contributed by atoms with Gasteiger partial charge in [0.25, 0.3) is 5.91 Å². The van der Waals surface area contributed by atoms with Crippen LogP contribution in [0.25, 0.3) is 0 Å². The van der Waals surface area contributed by atoms with Gasteiger partial charge < -0.3 is 15.5 Å². The first-order valence-electron chi connectivity index (χ1n) is 12.6. The molecule has 0 spiro atoms. The fourth-order valence-electron chi connectivity index (χ4n) is 5.52. The predicted octanol–water partition coefficient (Wildman–Crippen LogP) is 2.22. The number of rotatable bonds is 4. The largest absolute Gasteiger partial charge is 0.399 e. The van der Waals surface area contributed by atoms with Crippen molar-refractivity contribution < 1.29 is 14.4 Å². The van der Waals surface area contributed by atoms with Gasteiger partial charge in [0.05, 0.1) is 5.92 Å². The molecular weight excluding hydrogens is 442 g/mol. The monoisotopic (exact) mass is 475 g/mol. The molecule has 8 nitrogen and oxygen atoms in total. The predicted molar refractivity (Wildman–Crippen MR) is 135 cm³/mol. The molecule has 0 radical (unpaired) electrons. The highest BCUT2D eigenvalue weighted by atomic mass is 16.2. The van der Waals surface area contributed by atoms with Crippen molar-refractivity contribution >= 4 is 29.1 Å². The van der Waals surface area contributed by atoms with Crippen LogP contribution in [0.2, 0.25) is 0 Å². The number of hydrogen-bond donors (Lipinski definition) is 2. The molecule has 2 aromatic carbocycles. The minimum Gasteiger partial charge on any atom is -0.399 e. The van der Waals surface area contributed by atoms with Crippen LogP contribution in [0.15, 0.2) is 48.5 Å². The van der Waals surface area contributed by atoms with E-state index in [-0.39, 0.29) is 23.6 Å². The van der Waals surface area contributed by atoms with E-state index in [0.29, 0.717) is 30.1 Å². The van der Waals surface area contributed by atoms with Crippen LogP contribution in [0.4, 0.5) is 11.4 Å². The lowest BCUT2D eigenvalue weighted by atomic mass is 9.90. The Balaban J connectivity index is 1.10. The number of piperidine rings is 2. The molecule has 1 atom stereocenters. The molecule has 8 heteroatoms. The molecule has 184 valence electrons. The third-order valence-corrected chi connectivity index (χ3v) is 7.64. The van der Waals surface area contributed by atoms with Gasteiger partial charge in [0.1, 0.15) is 0 Å². The van der Waals surface area contributed by atoms with Crippen LogP contribution in [0.3, 0.4) is 0 Å². The number of nitrogens with two attached hydrogens (primary N) is 1. The molecule has 2 aromatic rings. The molecule has 35 heavy (non-hydrogen) atoms. The van der Waals surface area contributed by atoms with E-state index in [4.69, 9.17) is 5.73 Å². The highest BCUT2D eigenvalue weighted by Gasteiger charge is 2.30. The van der Waals surface area contributed by atoms with Gasteiger partial charge in [0.15, 0.2) is 0 Å². The Morgan fingerprint density at radius 3 is 2.11 bits per heavy atom. The zero-order valence-corrected chi connectivity index (χ0v) is 20.0. The van der Waals surface area contributed by atoms with Gasteiger partial charge in [-0.05, 0) is 61.2 Å². The van der Waals surface area contributed by atoms with E-state index in [1.165, 1.54) is 5.69 Å². The maximum Gasteiger partial charge on any atom is 0.253 e. The standard InChI is InChI=1S/C27H33N5O3/c28-21-5-1-20(2-6-21)27(35)32-17-15-31(16-18-32)23-11-13-30(14-12-23)22-7-3-19(4-8-22)24-9-10-25(33)29-26(24)34/h1-8,23-24H,9-18,28H2,(H,29,33,34). The Kier molecular flexibility index (Phi) is 6.72. The number of hydrogen-bond acceptors (Lipinski definition) is 6. The quantitative estimate of drug-likeness (QED) is 0.520. The third-order valence-electron chi connectivity index (χ3n) is 7.64. The molecule has 3 fully saturated rings. The summed E-state index contributed by atoms with van der Waals surface area (Å²) in [5.74, 6) is -0.524. The summed E-state index contributed by atoms with van der Waals surface area (Å²) in [5.41, 5.74) is 9.26. The van der Waals surface area contributed by atoms with Crippen LogP contribution in [0.5, 0.6) is 0 Å². The summed E-state index contributed by atoms with van der Waals surface area (Å²) in [6, 6.07) is 16.0. The minimum absolute atomic E-state index is 0.0835. The summed E-state index contributed by atoms with van der Waals surface area (Å²) in [6.45, 7) is 5.31. The first-order chi connectivity index (χ1) is 17.0. The van der Waals surface area contributed by atoms with Crippen molar-refractivity contribution in [1.82, 2.24) is 15.1 Å². The summed E-state index contributed by atoms with van der Waals surface area (Å²) < 4.78 is 0. The molecule has 3 N–H and O–H groups in total. The van der Waals surface area contributed by atoms with Gasteiger partial charge in [-0.1, -0.05) is 12.1 Å². The molecule has 3 aliphatic rings. The molecule has 0 aromatic heterocycles. The molecule has 3 aliphatic heterocycles. The second-order valence-electron chi connectivity index (χ2n) is 9.76. The van der Waals surface area contributed by atoms with Gasteiger partial charge in [0.2, 0.25) is 11.8 Å². The van der Waals surface area contributed by atoms with Gasteiger partial charge in [0, 0.05) is 68.7 Å². The molecule has 3 heterocycles. The second kappa shape index (κ2) is 10.1. The van der Waals surface area contributed by atoms with Gasteiger partial charge in [-0.3, -0.25) is 24.6 Å². The lowest BCUT2D eigenvalue weighted by Crippen LogP contribution is -2.54. The zero-order valence-electron chi connectivity index (χ0n) is 20.0. The van der Waals surface area contributed by atoms with E-state index in [9.17, 15) is 14.4 Å². The Morgan fingerprint density at radius 2 is 1.49 bits per heavy atom. The van der Waals surface area contributed by atoms with Crippen molar-refractivity contribution in [1.29, 1.82) is 0 Å². The molecule has 0 saturated carbocycles. The van der Waals surface area contributed by atoms with Crippen LogP contribution in [0, 0.1) is 0 Å². The van der Waals surface area contributed by atoms with Crippen molar-refractivity contribution in [3.05, 3.63) is 59.7 Å². The molecule has 5 rings (SSSR count). The first-order valence-corrected chi connectivity index (χ1v) is 12.6.